The smallest absolute Gasteiger partial charge is 0.191 e. The number of benzene rings is 1. The number of hydrogen-bond donors (Lipinski definition) is 0. The summed E-state index contributed by atoms with van der Waals surface area (Å²) in [6.45, 7) is 2.91. The van der Waals surface area contributed by atoms with Gasteiger partial charge in [-0.05, 0) is 30.5 Å². The molecule has 26 heavy (non-hydrogen) atoms. The van der Waals surface area contributed by atoms with Gasteiger partial charge in [-0.3, -0.25) is 0 Å². The van der Waals surface area contributed by atoms with Crippen molar-refractivity contribution < 1.29 is 4.52 Å². The molecule has 0 aliphatic rings. The van der Waals surface area contributed by atoms with E-state index in [4.69, 9.17) is 16.1 Å². The van der Waals surface area contributed by atoms with Crippen LogP contribution < -0.4 is 0 Å². The zero-order valence-corrected chi connectivity index (χ0v) is 16.3. The molecule has 132 valence electrons. The lowest BCUT2D eigenvalue weighted by molar-refractivity contribution is 0.426. The summed E-state index contributed by atoms with van der Waals surface area (Å²) < 4.78 is 7.57. The fraction of sp³-hybridized carbons (Fsp3) is 0.167. The number of halogens is 1. The van der Waals surface area contributed by atoms with E-state index in [-0.39, 0.29) is 0 Å². The monoisotopic (exact) mass is 402 g/mol. The van der Waals surface area contributed by atoms with Gasteiger partial charge in [0.05, 0.1) is 10.6 Å². The number of hydrogen-bond acceptors (Lipinski definition) is 6. The van der Waals surface area contributed by atoms with Crippen LogP contribution in [0.2, 0.25) is 5.02 Å². The first kappa shape index (κ1) is 17.3. The van der Waals surface area contributed by atoms with E-state index in [1.54, 1.807) is 23.1 Å². The van der Waals surface area contributed by atoms with Crippen LogP contribution in [0, 0.1) is 0 Å². The Balaban J connectivity index is 1.50. The van der Waals surface area contributed by atoms with E-state index < -0.39 is 0 Å². The van der Waals surface area contributed by atoms with Crippen LogP contribution >= 0.6 is 34.7 Å². The predicted molar refractivity (Wildman–Crippen MR) is 106 cm³/mol. The van der Waals surface area contributed by atoms with E-state index in [1.807, 2.05) is 41.8 Å². The fourth-order valence-corrected chi connectivity index (χ4v) is 4.36. The lowest BCUT2D eigenvalue weighted by atomic mass is 10.2. The van der Waals surface area contributed by atoms with E-state index >= 15 is 0 Å². The third kappa shape index (κ3) is 3.56. The standard InChI is InChI=1S/C18H15ClN4OS2/c1-2-23-17(16-7-4-8-25-16)20-21-18(23)26-11-14-10-15(24-22-14)12-5-3-6-13(19)9-12/h3-10H,2,11H2,1H3. The van der Waals surface area contributed by atoms with Crippen molar-refractivity contribution in [1.29, 1.82) is 0 Å². The second kappa shape index (κ2) is 7.65. The highest BCUT2D eigenvalue weighted by molar-refractivity contribution is 7.98. The van der Waals surface area contributed by atoms with Crippen LogP contribution in [0.4, 0.5) is 0 Å². The molecule has 0 unspecified atom stereocenters. The number of nitrogens with zero attached hydrogens (tertiary/aromatic N) is 4. The summed E-state index contributed by atoms with van der Waals surface area (Å²) in [5.41, 5.74) is 1.77. The first-order chi connectivity index (χ1) is 12.7. The highest BCUT2D eigenvalue weighted by Gasteiger charge is 2.15. The molecule has 3 aromatic heterocycles. The number of rotatable bonds is 6. The van der Waals surface area contributed by atoms with Gasteiger partial charge in [0.15, 0.2) is 16.7 Å². The van der Waals surface area contributed by atoms with Gasteiger partial charge in [-0.15, -0.1) is 21.5 Å². The number of aromatic nitrogens is 4. The first-order valence-electron chi connectivity index (χ1n) is 8.06. The van der Waals surface area contributed by atoms with Crippen LogP contribution in [0.1, 0.15) is 12.6 Å². The van der Waals surface area contributed by atoms with Crippen molar-refractivity contribution in [2.75, 3.05) is 0 Å². The second-order valence-corrected chi connectivity index (χ2v) is 7.84. The largest absolute Gasteiger partial charge is 0.356 e. The summed E-state index contributed by atoms with van der Waals surface area (Å²) in [4.78, 5) is 1.12. The Morgan fingerprint density at radius 3 is 2.88 bits per heavy atom. The molecule has 4 rings (SSSR count). The average Bonchev–Trinajstić information content (AvgIpc) is 3.39. The summed E-state index contributed by atoms with van der Waals surface area (Å²) in [5, 5.41) is 16.4. The summed E-state index contributed by atoms with van der Waals surface area (Å²) in [6.07, 6.45) is 0. The van der Waals surface area contributed by atoms with Gasteiger partial charge in [0.1, 0.15) is 0 Å². The van der Waals surface area contributed by atoms with E-state index in [1.165, 1.54) is 0 Å². The van der Waals surface area contributed by atoms with Crippen molar-refractivity contribution in [3.05, 3.63) is 58.6 Å². The zero-order valence-electron chi connectivity index (χ0n) is 13.9. The minimum atomic E-state index is 0.659. The van der Waals surface area contributed by atoms with E-state index in [0.717, 1.165) is 33.7 Å². The van der Waals surface area contributed by atoms with Crippen LogP contribution in [0.3, 0.4) is 0 Å². The molecule has 4 aromatic rings. The molecule has 0 aliphatic carbocycles. The van der Waals surface area contributed by atoms with Crippen LogP contribution in [0.15, 0.2) is 57.5 Å². The van der Waals surface area contributed by atoms with Crippen LogP contribution in [-0.2, 0) is 12.3 Å². The minimum absolute atomic E-state index is 0.659. The predicted octanol–water partition coefficient (Wildman–Crippen LogP) is 5.63. The Morgan fingerprint density at radius 1 is 1.19 bits per heavy atom. The summed E-state index contributed by atoms with van der Waals surface area (Å²) in [7, 11) is 0. The van der Waals surface area contributed by atoms with Crippen molar-refractivity contribution >= 4 is 34.7 Å². The molecule has 0 amide bonds. The topological polar surface area (TPSA) is 56.7 Å². The molecule has 0 bridgehead atoms. The Kier molecular flexibility index (Phi) is 5.10. The Hall–Kier alpha value is -2.09. The first-order valence-corrected chi connectivity index (χ1v) is 10.3. The van der Waals surface area contributed by atoms with Crippen LogP contribution in [0.5, 0.6) is 0 Å². The van der Waals surface area contributed by atoms with Crippen molar-refractivity contribution in [3.8, 4) is 22.0 Å². The second-order valence-electron chi connectivity index (χ2n) is 5.51. The molecule has 0 aliphatic heterocycles. The molecule has 0 N–H and O–H groups in total. The maximum atomic E-state index is 6.04. The highest BCUT2D eigenvalue weighted by Crippen LogP contribution is 2.30. The third-order valence-corrected chi connectivity index (χ3v) is 5.89. The molecule has 1 aromatic carbocycles. The maximum absolute atomic E-state index is 6.04. The van der Waals surface area contributed by atoms with E-state index in [9.17, 15) is 0 Å². The molecule has 0 saturated heterocycles. The molecule has 3 heterocycles. The normalized spacial score (nSPS) is 11.2. The number of thioether (sulfide) groups is 1. The van der Waals surface area contributed by atoms with Crippen molar-refractivity contribution in [2.45, 2.75) is 24.4 Å². The van der Waals surface area contributed by atoms with Gasteiger partial charge in [-0.1, -0.05) is 46.7 Å². The molecular formula is C18H15ClN4OS2. The molecule has 5 nitrogen and oxygen atoms in total. The van der Waals surface area contributed by atoms with Gasteiger partial charge in [0.2, 0.25) is 0 Å². The van der Waals surface area contributed by atoms with E-state index in [0.29, 0.717) is 16.5 Å². The SMILES string of the molecule is CCn1c(SCc2cc(-c3cccc(Cl)c3)on2)nnc1-c1cccs1. The molecular weight excluding hydrogens is 388 g/mol. The van der Waals surface area contributed by atoms with E-state index in [2.05, 4.69) is 32.9 Å². The van der Waals surface area contributed by atoms with Crippen LogP contribution in [0.25, 0.3) is 22.0 Å². The summed E-state index contributed by atoms with van der Waals surface area (Å²) in [6, 6.07) is 13.6. The summed E-state index contributed by atoms with van der Waals surface area (Å²) in [5.74, 6) is 2.27. The average molecular weight is 403 g/mol. The lowest BCUT2D eigenvalue weighted by Crippen LogP contribution is -1.99. The molecule has 0 atom stereocenters. The molecule has 0 fully saturated rings. The summed E-state index contributed by atoms with van der Waals surface area (Å²) >= 11 is 9.30. The molecule has 8 heteroatoms. The lowest BCUT2D eigenvalue weighted by Gasteiger charge is -2.04. The maximum Gasteiger partial charge on any atom is 0.191 e. The zero-order chi connectivity index (χ0) is 17.9. The van der Waals surface area contributed by atoms with Gasteiger partial charge < -0.3 is 9.09 Å². The molecule has 0 radical (unpaired) electrons. The van der Waals surface area contributed by atoms with Gasteiger partial charge in [-0.25, -0.2) is 0 Å². The molecule has 0 saturated carbocycles. The molecule has 0 spiro atoms. The number of thiophene rings is 1. The van der Waals surface area contributed by atoms with Crippen molar-refractivity contribution in [3.63, 3.8) is 0 Å². The quantitative estimate of drug-likeness (QED) is 0.391. The highest BCUT2D eigenvalue weighted by atomic mass is 35.5. The fourth-order valence-electron chi connectivity index (χ4n) is 2.56. The van der Waals surface area contributed by atoms with Gasteiger partial charge >= 0.3 is 0 Å². The van der Waals surface area contributed by atoms with Gasteiger partial charge in [0.25, 0.3) is 0 Å². The third-order valence-electron chi connectivity index (χ3n) is 3.79. The van der Waals surface area contributed by atoms with Crippen LogP contribution in [-0.4, -0.2) is 19.9 Å². The van der Waals surface area contributed by atoms with Crippen molar-refractivity contribution in [2.24, 2.45) is 0 Å². The Bertz CT molecular complexity index is 1010. The van der Waals surface area contributed by atoms with Gasteiger partial charge in [-0.2, -0.15) is 0 Å². The minimum Gasteiger partial charge on any atom is -0.356 e. The Morgan fingerprint density at radius 2 is 2.12 bits per heavy atom. The van der Waals surface area contributed by atoms with Gasteiger partial charge in [0, 0.05) is 29.0 Å². The van der Waals surface area contributed by atoms with Crippen molar-refractivity contribution in [1.82, 2.24) is 19.9 Å². The Labute approximate surface area is 164 Å².